The van der Waals surface area contributed by atoms with Crippen LogP contribution in [0, 0.1) is 5.82 Å². The van der Waals surface area contributed by atoms with Gasteiger partial charge < -0.3 is 15.8 Å². The van der Waals surface area contributed by atoms with Crippen molar-refractivity contribution >= 4 is 28.8 Å². The second-order valence-corrected chi connectivity index (χ2v) is 4.89. The standard InChI is InChI=1S/C14H15ClFN3O/c1-8(2)20-14-10(17)6-7-12(19-14)18-11-5-3-4-9(15)13(11)16/h3-8H,17H2,1-2H3,(H,18,19). The Hall–Kier alpha value is -2.01. The molecular formula is C14H15ClFN3O. The zero-order valence-corrected chi connectivity index (χ0v) is 11.9. The molecule has 0 unspecified atom stereocenters. The summed E-state index contributed by atoms with van der Waals surface area (Å²) >= 11 is 5.73. The van der Waals surface area contributed by atoms with Crippen LogP contribution in [0.25, 0.3) is 0 Å². The average molecular weight is 296 g/mol. The molecule has 0 amide bonds. The van der Waals surface area contributed by atoms with Crippen molar-refractivity contribution in [1.82, 2.24) is 4.98 Å². The van der Waals surface area contributed by atoms with Crippen molar-refractivity contribution in [2.45, 2.75) is 20.0 Å². The van der Waals surface area contributed by atoms with E-state index in [0.717, 1.165) is 0 Å². The molecule has 0 aliphatic rings. The minimum absolute atomic E-state index is 0.0455. The maximum atomic E-state index is 13.8. The van der Waals surface area contributed by atoms with Gasteiger partial charge in [0.25, 0.3) is 0 Å². The van der Waals surface area contributed by atoms with Crippen LogP contribution in [-0.2, 0) is 0 Å². The van der Waals surface area contributed by atoms with Crippen LogP contribution in [0.4, 0.5) is 21.6 Å². The number of aromatic nitrogens is 1. The number of ether oxygens (including phenoxy) is 1. The summed E-state index contributed by atoms with van der Waals surface area (Å²) in [5, 5.41) is 2.89. The normalized spacial score (nSPS) is 10.7. The Bertz CT molecular complexity index is 619. The van der Waals surface area contributed by atoms with Gasteiger partial charge in [0, 0.05) is 0 Å². The second kappa shape index (κ2) is 5.96. The number of nitrogens with one attached hydrogen (secondary N) is 1. The SMILES string of the molecule is CC(C)Oc1nc(Nc2cccc(Cl)c2F)ccc1N. The fourth-order valence-corrected chi connectivity index (χ4v) is 1.75. The number of hydrogen-bond donors (Lipinski definition) is 2. The quantitative estimate of drug-likeness (QED) is 0.895. The lowest BCUT2D eigenvalue weighted by Gasteiger charge is -2.13. The first-order valence-corrected chi connectivity index (χ1v) is 6.49. The van der Waals surface area contributed by atoms with Crippen molar-refractivity contribution in [2.24, 2.45) is 0 Å². The molecule has 0 spiro atoms. The van der Waals surface area contributed by atoms with Gasteiger partial charge in [0.2, 0.25) is 5.88 Å². The van der Waals surface area contributed by atoms with Crippen molar-refractivity contribution in [3.63, 3.8) is 0 Å². The van der Waals surface area contributed by atoms with Crippen LogP contribution >= 0.6 is 11.6 Å². The minimum atomic E-state index is -0.529. The number of nitrogens with zero attached hydrogens (tertiary/aromatic N) is 1. The number of nitrogen functional groups attached to an aromatic ring is 1. The van der Waals surface area contributed by atoms with Crippen molar-refractivity contribution in [3.05, 3.63) is 41.2 Å². The van der Waals surface area contributed by atoms with E-state index in [9.17, 15) is 4.39 Å². The summed E-state index contributed by atoms with van der Waals surface area (Å²) in [5.41, 5.74) is 6.44. The van der Waals surface area contributed by atoms with Gasteiger partial charge in [0.05, 0.1) is 22.5 Å². The minimum Gasteiger partial charge on any atom is -0.473 e. The van der Waals surface area contributed by atoms with Crippen molar-refractivity contribution in [1.29, 1.82) is 0 Å². The summed E-state index contributed by atoms with van der Waals surface area (Å²) in [5.74, 6) is 0.211. The van der Waals surface area contributed by atoms with Gasteiger partial charge in [0.1, 0.15) is 5.82 Å². The van der Waals surface area contributed by atoms with Gasteiger partial charge in [-0.15, -0.1) is 0 Å². The molecule has 0 aliphatic carbocycles. The molecule has 0 aliphatic heterocycles. The Labute approximate surface area is 121 Å². The average Bonchev–Trinajstić information content (AvgIpc) is 2.38. The monoisotopic (exact) mass is 295 g/mol. The molecule has 0 bridgehead atoms. The highest BCUT2D eigenvalue weighted by Gasteiger charge is 2.10. The maximum absolute atomic E-state index is 13.8. The van der Waals surface area contributed by atoms with E-state index < -0.39 is 5.82 Å². The highest BCUT2D eigenvalue weighted by atomic mass is 35.5. The second-order valence-electron chi connectivity index (χ2n) is 4.48. The molecule has 2 aromatic rings. The summed E-state index contributed by atoms with van der Waals surface area (Å²) in [6.45, 7) is 3.75. The van der Waals surface area contributed by atoms with E-state index in [1.807, 2.05) is 13.8 Å². The third-order valence-electron chi connectivity index (χ3n) is 2.45. The van der Waals surface area contributed by atoms with Crippen LogP contribution in [0.3, 0.4) is 0 Å². The molecule has 1 heterocycles. The Balaban J connectivity index is 2.27. The lowest BCUT2D eigenvalue weighted by molar-refractivity contribution is 0.234. The third kappa shape index (κ3) is 3.30. The molecule has 0 fully saturated rings. The summed E-state index contributed by atoms with van der Waals surface area (Å²) in [4.78, 5) is 4.21. The van der Waals surface area contributed by atoms with E-state index in [2.05, 4.69) is 10.3 Å². The van der Waals surface area contributed by atoms with Crippen LogP contribution in [0.1, 0.15) is 13.8 Å². The number of hydrogen-bond acceptors (Lipinski definition) is 4. The van der Waals surface area contributed by atoms with Crippen molar-refractivity contribution < 1.29 is 9.13 Å². The number of rotatable bonds is 4. The fourth-order valence-electron chi connectivity index (χ4n) is 1.58. The van der Waals surface area contributed by atoms with Gasteiger partial charge in [-0.25, -0.2) is 4.39 Å². The molecule has 6 heteroatoms. The van der Waals surface area contributed by atoms with Gasteiger partial charge in [-0.1, -0.05) is 17.7 Å². The number of anilines is 3. The van der Waals surface area contributed by atoms with E-state index >= 15 is 0 Å². The molecule has 4 nitrogen and oxygen atoms in total. The molecule has 0 radical (unpaired) electrons. The van der Waals surface area contributed by atoms with E-state index in [-0.39, 0.29) is 16.8 Å². The summed E-state index contributed by atoms with van der Waals surface area (Å²) in [6.07, 6.45) is -0.0528. The molecule has 1 aromatic heterocycles. The molecule has 3 N–H and O–H groups in total. The smallest absolute Gasteiger partial charge is 0.239 e. The van der Waals surface area contributed by atoms with E-state index in [1.54, 1.807) is 24.3 Å². The topological polar surface area (TPSA) is 60.2 Å². The van der Waals surface area contributed by atoms with E-state index in [1.165, 1.54) is 6.07 Å². The first kappa shape index (κ1) is 14.4. The Morgan fingerprint density at radius 3 is 2.75 bits per heavy atom. The number of nitrogens with two attached hydrogens (primary N) is 1. The van der Waals surface area contributed by atoms with Gasteiger partial charge in [-0.3, -0.25) is 0 Å². The molecule has 2 rings (SSSR count). The van der Waals surface area contributed by atoms with Crippen LogP contribution in [0.2, 0.25) is 5.02 Å². The molecule has 0 saturated heterocycles. The zero-order valence-electron chi connectivity index (χ0n) is 11.2. The first-order valence-electron chi connectivity index (χ1n) is 6.11. The maximum Gasteiger partial charge on any atom is 0.239 e. The van der Waals surface area contributed by atoms with Gasteiger partial charge in [0.15, 0.2) is 5.82 Å². The summed E-state index contributed by atoms with van der Waals surface area (Å²) < 4.78 is 19.3. The first-order chi connectivity index (χ1) is 9.47. The highest BCUT2D eigenvalue weighted by Crippen LogP contribution is 2.27. The zero-order chi connectivity index (χ0) is 14.7. The summed E-state index contributed by atoms with van der Waals surface area (Å²) in [6, 6.07) is 7.99. The number of benzene rings is 1. The lowest BCUT2D eigenvalue weighted by atomic mass is 10.3. The Kier molecular flexibility index (Phi) is 4.29. The number of halogens is 2. The van der Waals surface area contributed by atoms with Crippen molar-refractivity contribution in [2.75, 3.05) is 11.1 Å². The predicted molar refractivity (Wildman–Crippen MR) is 79.1 cm³/mol. The molecule has 0 saturated carbocycles. The Morgan fingerprint density at radius 2 is 2.05 bits per heavy atom. The molecule has 20 heavy (non-hydrogen) atoms. The largest absolute Gasteiger partial charge is 0.473 e. The highest BCUT2D eigenvalue weighted by molar-refractivity contribution is 6.31. The van der Waals surface area contributed by atoms with E-state index in [4.69, 9.17) is 22.1 Å². The molecule has 1 aromatic carbocycles. The predicted octanol–water partition coefficient (Wildman–Crippen LogP) is 3.99. The summed E-state index contributed by atoms with van der Waals surface area (Å²) in [7, 11) is 0. The molecule has 106 valence electrons. The number of pyridine rings is 1. The van der Waals surface area contributed by atoms with Gasteiger partial charge >= 0.3 is 0 Å². The molecule has 0 atom stereocenters. The van der Waals surface area contributed by atoms with Crippen LogP contribution in [-0.4, -0.2) is 11.1 Å². The molecular weight excluding hydrogens is 281 g/mol. The Morgan fingerprint density at radius 1 is 1.30 bits per heavy atom. The van der Waals surface area contributed by atoms with Crippen LogP contribution in [0.15, 0.2) is 30.3 Å². The van der Waals surface area contributed by atoms with Crippen LogP contribution < -0.4 is 15.8 Å². The van der Waals surface area contributed by atoms with Crippen LogP contribution in [0.5, 0.6) is 5.88 Å². The van der Waals surface area contributed by atoms with Gasteiger partial charge in [-0.05, 0) is 38.1 Å². The fraction of sp³-hybridized carbons (Fsp3) is 0.214. The van der Waals surface area contributed by atoms with Crippen molar-refractivity contribution in [3.8, 4) is 5.88 Å². The van der Waals surface area contributed by atoms with Gasteiger partial charge in [-0.2, -0.15) is 4.98 Å². The third-order valence-corrected chi connectivity index (χ3v) is 2.74. The van der Waals surface area contributed by atoms with E-state index in [0.29, 0.717) is 17.4 Å². The lowest BCUT2D eigenvalue weighted by Crippen LogP contribution is -2.09.